The summed E-state index contributed by atoms with van der Waals surface area (Å²) in [5, 5.41) is 44.9. The summed E-state index contributed by atoms with van der Waals surface area (Å²) in [6.45, 7) is 0.659. The largest absolute Gasteiger partial charge is 0.461 e. The maximum absolute atomic E-state index is 12.0. The van der Waals surface area contributed by atoms with Crippen LogP contribution in [0.3, 0.4) is 0 Å². The van der Waals surface area contributed by atoms with Gasteiger partial charge in [0.15, 0.2) is 0 Å². The van der Waals surface area contributed by atoms with E-state index in [1.807, 2.05) is 0 Å². The molecule has 190 valence electrons. The third kappa shape index (κ3) is 14.6. The average Bonchev–Trinajstić information content (AvgIpc) is 2.81. The summed E-state index contributed by atoms with van der Waals surface area (Å²) in [7, 11) is 0. The van der Waals surface area contributed by atoms with Gasteiger partial charge in [-0.05, 0) is 36.7 Å². The molecule has 0 unspecified atom stereocenters. The summed E-state index contributed by atoms with van der Waals surface area (Å²) in [5.41, 5.74) is 5.24. The van der Waals surface area contributed by atoms with Gasteiger partial charge in [0.25, 0.3) is 0 Å². The second-order valence-electron chi connectivity index (χ2n) is 6.59. The molecule has 0 aromatic carbocycles. The van der Waals surface area contributed by atoms with Crippen molar-refractivity contribution in [3.05, 3.63) is 48.0 Å². The molecule has 0 saturated carbocycles. The van der Waals surface area contributed by atoms with Gasteiger partial charge in [-0.1, -0.05) is 0 Å². The molecule has 0 rings (SSSR count). The van der Waals surface area contributed by atoms with Crippen molar-refractivity contribution in [2.45, 2.75) is 6.42 Å². The van der Waals surface area contributed by atoms with Gasteiger partial charge in [-0.3, -0.25) is 0 Å². The number of nitrogens with two attached hydrogens (primary N) is 1. The Morgan fingerprint density at radius 1 is 0.794 bits per heavy atom. The van der Waals surface area contributed by atoms with E-state index in [4.69, 9.17) is 40.9 Å². The van der Waals surface area contributed by atoms with Crippen LogP contribution in [0.25, 0.3) is 0 Å². The molecule has 0 amide bonds. The van der Waals surface area contributed by atoms with Crippen molar-refractivity contribution in [2.24, 2.45) is 5.73 Å². The first-order valence-corrected chi connectivity index (χ1v) is 10.6. The number of esters is 2. The molecule has 0 atom stereocenters. The van der Waals surface area contributed by atoms with Crippen LogP contribution < -0.4 is 5.73 Å². The topological polar surface area (TPSA) is 190 Å². The first-order valence-electron chi connectivity index (χ1n) is 10.6. The number of carbonyl (C=O) groups excluding carboxylic acids is 2. The van der Waals surface area contributed by atoms with E-state index in [0.29, 0.717) is 13.1 Å². The molecule has 0 bridgehead atoms. The maximum atomic E-state index is 12.0. The number of nitriles is 1. The number of aliphatic hydroxyl groups is 4. The van der Waals surface area contributed by atoms with E-state index in [1.165, 1.54) is 30.5 Å². The van der Waals surface area contributed by atoms with E-state index < -0.39 is 11.9 Å². The Labute approximate surface area is 199 Å². The molecule has 0 aliphatic heterocycles. The highest BCUT2D eigenvalue weighted by atomic mass is 16.5. The van der Waals surface area contributed by atoms with Gasteiger partial charge in [0.1, 0.15) is 17.3 Å². The zero-order chi connectivity index (χ0) is 25.6. The molecule has 0 fully saturated rings. The van der Waals surface area contributed by atoms with Gasteiger partial charge in [-0.15, -0.1) is 0 Å². The van der Waals surface area contributed by atoms with Crippen LogP contribution >= 0.6 is 0 Å². The number of ether oxygens (including phenoxy) is 2. The number of allylic oxidation sites excluding steroid dienone is 4. The summed E-state index contributed by atoms with van der Waals surface area (Å²) >= 11 is 0. The molecule has 0 aromatic rings. The van der Waals surface area contributed by atoms with E-state index >= 15 is 0 Å². The lowest BCUT2D eigenvalue weighted by atomic mass is 10.2. The summed E-state index contributed by atoms with van der Waals surface area (Å²) < 4.78 is 9.95. The zero-order valence-corrected chi connectivity index (χ0v) is 19.1. The van der Waals surface area contributed by atoms with Crippen LogP contribution in [-0.2, 0) is 19.1 Å². The van der Waals surface area contributed by atoms with Crippen LogP contribution in [0, 0.1) is 11.3 Å². The lowest BCUT2D eigenvalue weighted by molar-refractivity contribution is -0.141. The van der Waals surface area contributed by atoms with E-state index in [-0.39, 0.29) is 70.4 Å². The molecule has 6 N–H and O–H groups in total. The van der Waals surface area contributed by atoms with Crippen LogP contribution in [0.5, 0.6) is 0 Å². The maximum Gasteiger partial charge on any atom is 0.354 e. The lowest BCUT2D eigenvalue weighted by Gasteiger charge is -2.16. The SMILES string of the molecule is N#C/C(=C\C=C\N(CCO)CCO)C(=O)OCCCOC(=O)/C(N)=C\C=C\N(CCO)CCO. The summed E-state index contributed by atoms with van der Waals surface area (Å²) in [5.74, 6) is -1.60. The predicted molar refractivity (Wildman–Crippen MR) is 122 cm³/mol. The Balaban J connectivity index is 4.45. The van der Waals surface area contributed by atoms with E-state index in [2.05, 4.69) is 0 Å². The fraction of sp³-hybridized carbons (Fsp3) is 0.500. The Hall–Kier alpha value is -3.37. The number of nitrogens with zero attached hydrogens (tertiary/aromatic N) is 3. The standard InChI is InChI=1S/C22H34N4O8/c23-18-19(4-1-6-25(8-12-27)9-13-28)21(31)33-16-3-17-34-22(32)20(24)5-2-7-26(10-14-29)11-15-30/h1-2,4-7,27-30H,3,8-17,24H2/b6-1+,7-2+,19-4+,20-5+. The van der Waals surface area contributed by atoms with Crippen molar-refractivity contribution in [1.29, 1.82) is 5.26 Å². The van der Waals surface area contributed by atoms with E-state index in [0.717, 1.165) is 0 Å². The van der Waals surface area contributed by atoms with Crippen LogP contribution in [0.4, 0.5) is 0 Å². The monoisotopic (exact) mass is 482 g/mol. The van der Waals surface area contributed by atoms with Gasteiger partial charge in [0.05, 0.1) is 39.6 Å². The number of aliphatic hydroxyl groups excluding tert-OH is 4. The van der Waals surface area contributed by atoms with Crippen molar-refractivity contribution in [3.63, 3.8) is 0 Å². The molecular formula is C22H34N4O8. The predicted octanol–water partition coefficient (Wildman–Crippen LogP) is -1.64. The summed E-state index contributed by atoms with van der Waals surface area (Å²) in [6, 6.07) is 1.73. The molecule has 0 aromatic heterocycles. The fourth-order valence-electron chi connectivity index (χ4n) is 2.33. The Bertz CT molecular complexity index is 746. The second-order valence-corrected chi connectivity index (χ2v) is 6.59. The summed E-state index contributed by atoms with van der Waals surface area (Å²) in [4.78, 5) is 27.0. The molecule has 0 aliphatic rings. The smallest absolute Gasteiger partial charge is 0.354 e. The minimum atomic E-state index is -0.839. The third-order valence-corrected chi connectivity index (χ3v) is 4.01. The van der Waals surface area contributed by atoms with Crippen molar-refractivity contribution < 1.29 is 39.5 Å². The Morgan fingerprint density at radius 2 is 1.24 bits per heavy atom. The third-order valence-electron chi connectivity index (χ3n) is 4.01. The highest BCUT2D eigenvalue weighted by Crippen LogP contribution is 2.01. The minimum Gasteiger partial charge on any atom is -0.461 e. The molecule has 12 nitrogen and oxygen atoms in total. The number of hydrogen-bond acceptors (Lipinski definition) is 12. The normalized spacial score (nSPS) is 12.1. The van der Waals surface area contributed by atoms with Gasteiger partial charge >= 0.3 is 11.9 Å². The van der Waals surface area contributed by atoms with Crippen LogP contribution in [-0.4, -0.2) is 108 Å². The Kier molecular flexibility index (Phi) is 18.2. The van der Waals surface area contributed by atoms with Crippen molar-refractivity contribution >= 4 is 11.9 Å². The number of rotatable bonds is 18. The van der Waals surface area contributed by atoms with Gasteiger partial charge in [-0.2, -0.15) is 5.26 Å². The molecule has 0 saturated heterocycles. The highest BCUT2D eigenvalue weighted by Gasteiger charge is 2.10. The Morgan fingerprint density at radius 3 is 1.68 bits per heavy atom. The van der Waals surface area contributed by atoms with E-state index in [1.54, 1.807) is 22.1 Å². The highest BCUT2D eigenvalue weighted by molar-refractivity contribution is 5.93. The van der Waals surface area contributed by atoms with E-state index in [9.17, 15) is 9.59 Å². The van der Waals surface area contributed by atoms with Gasteiger partial charge < -0.3 is 45.4 Å². The molecule has 0 heterocycles. The van der Waals surface area contributed by atoms with Crippen molar-refractivity contribution in [1.82, 2.24) is 9.80 Å². The molecule has 0 aliphatic carbocycles. The van der Waals surface area contributed by atoms with Crippen LogP contribution in [0.15, 0.2) is 48.0 Å². The van der Waals surface area contributed by atoms with Crippen LogP contribution in [0.1, 0.15) is 6.42 Å². The van der Waals surface area contributed by atoms with Gasteiger partial charge in [-0.25, -0.2) is 9.59 Å². The van der Waals surface area contributed by atoms with Crippen molar-refractivity contribution in [3.8, 4) is 6.07 Å². The first-order chi connectivity index (χ1) is 16.4. The average molecular weight is 483 g/mol. The zero-order valence-electron chi connectivity index (χ0n) is 19.1. The molecule has 0 spiro atoms. The van der Waals surface area contributed by atoms with Crippen LogP contribution in [0.2, 0.25) is 0 Å². The quantitative estimate of drug-likeness (QED) is 0.0493. The molecule has 12 heteroatoms. The fourth-order valence-corrected chi connectivity index (χ4v) is 2.33. The van der Waals surface area contributed by atoms with Gasteiger partial charge in [0.2, 0.25) is 0 Å². The van der Waals surface area contributed by atoms with Crippen molar-refractivity contribution in [2.75, 3.05) is 65.8 Å². The lowest BCUT2D eigenvalue weighted by Crippen LogP contribution is -2.24. The molecule has 0 radical (unpaired) electrons. The molecule has 34 heavy (non-hydrogen) atoms. The number of carbonyl (C=O) groups is 2. The number of hydrogen-bond donors (Lipinski definition) is 5. The first kappa shape index (κ1) is 30.6. The molecular weight excluding hydrogens is 448 g/mol. The van der Waals surface area contributed by atoms with Gasteiger partial charge in [0, 0.05) is 32.6 Å². The second kappa shape index (κ2) is 20.3. The minimum absolute atomic E-state index is 0.0612. The summed E-state index contributed by atoms with van der Waals surface area (Å²) in [6.07, 6.45) is 8.79.